The fourth-order valence-corrected chi connectivity index (χ4v) is 1.51. The van der Waals surface area contributed by atoms with E-state index in [0.29, 0.717) is 12.5 Å². The van der Waals surface area contributed by atoms with Crippen LogP contribution in [0.5, 0.6) is 5.75 Å². The molecule has 1 N–H and O–H groups in total. The summed E-state index contributed by atoms with van der Waals surface area (Å²) in [6, 6.07) is 8.07. The Morgan fingerprint density at radius 2 is 1.88 bits per heavy atom. The monoisotopic (exact) mass is 222 g/mol. The minimum absolute atomic E-state index is 0.360. The summed E-state index contributed by atoms with van der Waals surface area (Å²) in [6.45, 7) is 6.54. The highest BCUT2D eigenvalue weighted by atomic mass is 16.5. The van der Waals surface area contributed by atoms with E-state index in [1.165, 1.54) is 5.56 Å². The van der Waals surface area contributed by atoms with Crippen molar-refractivity contribution >= 4 is 0 Å². The molecule has 0 aromatic heterocycles. The summed E-state index contributed by atoms with van der Waals surface area (Å²) in [5.74, 6) is 1.61. The molecule has 1 rings (SSSR count). The Morgan fingerprint density at radius 1 is 1.19 bits per heavy atom. The zero-order valence-electron chi connectivity index (χ0n) is 10.4. The first kappa shape index (κ1) is 13.0. The minimum Gasteiger partial charge on any atom is -0.491 e. The zero-order chi connectivity index (χ0) is 12.0. The quantitative estimate of drug-likeness (QED) is 0.801. The van der Waals surface area contributed by atoms with Crippen molar-refractivity contribution in [3.05, 3.63) is 29.8 Å². The second-order valence-corrected chi connectivity index (χ2v) is 4.70. The number of aliphatic hydroxyl groups excluding tert-OH is 1. The topological polar surface area (TPSA) is 29.5 Å². The molecule has 0 radical (unpaired) electrons. The number of rotatable bonds is 6. The first-order valence-corrected chi connectivity index (χ1v) is 5.98. The highest BCUT2D eigenvalue weighted by Gasteiger charge is 2.05. The number of hydrogen-bond acceptors (Lipinski definition) is 2. The third-order valence-electron chi connectivity index (χ3n) is 2.44. The van der Waals surface area contributed by atoms with E-state index in [4.69, 9.17) is 4.74 Å². The molecule has 1 unspecified atom stereocenters. The van der Waals surface area contributed by atoms with Crippen LogP contribution < -0.4 is 4.74 Å². The number of aryl methyl sites for hydroxylation is 1. The Kier molecular flexibility index (Phi) is 5.33. The molecule has 90 valence electrons. The highest BCUT2D eigenvalue weighted by Crippen LogP contribution is 2.21. The van der Waals surface area contributed by atoms with E-state index in [1.807, 2.05) is 18.2 Å². The summed E-state index contributed by atoms with van der Waals surface area (Å²) < 4.78 is 5.58. The van der Waals surface area contributed by atoms with Crippen molar-refractivity contribution in [1.29, 1.82) is 0 Å². The van der Waals surface area contributed by atoms with Crippen molar-refractivity contribution in [3.63, 3.8) is 0 Å². The third-order valence-corrected chi connectivity index (χ3v) is 2.44. The molecule has 0 saturated carbocycles. The summed E-state index contributed by atoms with van der Waals surface area (Å²) in [6.07, 6.45) is 1.78. The van der Waals surface area contributed by atoms with Gasteiger partial charge in [0.25, 0.3) is 0 Å². The molecule has 0 aliphatic rings. The summed E-state index contributed by atoms with van der Waals surface area (Å²) in [5.41, 5.74) is 1.23. The lowest BCUT2D eigenvalue weighted by molar-refractivity contribution is 0.122. The van der Waals surface area contributed by atoms with Crippen LogP contribution in [-0.2, 0) is 6.42 Å². The van der Waals surface area contributed by atoms with Gasteiger partial charge in [0, 0.05) is 0 Å². The predicted molar refractivity (Wildman–Crippen MR) is 66.8 cm³/mol. The number of para-hydroxylation sites is 1. The minimum atomic E-state index is -0.418. The molecule has 1 atom stereocenters. The summed E-state index contributed by atoms with van der Waals surface area (Å²) in [5, 5.41) is 9.20. The first-order valence-electron chi connectivity index (χ1n) is 5.98. The summed E-state index contributed by atoms with van der Waals surface area (Å²) >= 11 is 0. The van der Waals surface area contributed by atoms with Gasteiger partial charge >= 0.3 is 0 Å². The number of ether oxygens (including phenoxy) is 1. The van der Waals surface area contributed by atoms with Gasteiger partial charge in [-0.1, -0.05) is 32.0 Å². The van der Waals surface area contributed by atoms with Crippen LogP contribution in [0.3, 0.4) is 0 Å². The van der Waals surface area contributed by atoms with Crippen LogP contribution in [-0.4, -0.2) is 17.8 Å². The molecule has 1 aromatic rings. The Bertz CT molecular complexity index is 274. The maximum Gasteiger partial charge on any atom is 0.122 e. The second kappa shape index (κ2) is 6.54. The number of hydrogen-bond donors (Lipinski definition) is 1. The SMILES string of the molecule is CC(C)CCc1ccccc1OCC(C)O. The fraction of sp³-hybridized carbons (Fsp3) is 0.571. The van der Waals surface area contributed by atoms with Crippen LogP contribution >= 0.6 is 0 Å². The predicted octanol–water partition coefficient (Wildman–Crippen LogP) is 3.03. The molecule has 0 spiro atoms. The normalized spacial score (nSPS) is 12.8. The second-order valence-electron chi connectivity index (χ2n) is 4.70. The molecule has 0 heterocycles. The first-order chi connectivity index (χ1) is 7.59. The zero-order valence-corrected chi connectivity index (χ0v) is 10.4. The maximum atomic E-state index is 9.20. The smallest absolute Gasteiger partial charge is 0.122 e. The standard InChI is InChI=1S/C14H22O2/c1-11(2)8-9-13-6-4-5-7-14(13)16-10-12(3)15/h4-7,11-12,15H,8-10H2,1-3H3. The molecule has 1 aromatic carbocycles. The van der Waals surface area contributed by atoms with Crippen LogP contribution in [0.4, 0.5) is 0 Å². The van der Waals surface area contributed by atoms with Crippen LogP contribution in [0.25, 0.3) is 0 Å². The van der Waals surface area contributed by atoms with Crippen molar-refractivity contribution in [2.24, 2.45) is 5.92 Å². The van der Waals surface area contributed by atoms with Crippen molar-refractivity contribution in [2.45, 2.75) is 39.7 Å². The van der Waals surface area contributed by atoms with E-state index in [9.17, 15) is 5.11 Å². The lowest BCUT2D eigenvalue weighted by Crippen LogP contribution is -2.13. The van der Waals surface area contributed by atoms with E-state index in [0.717, 1.165) is 18.6 Å². The van der Waals surface area contributed by atoms with E-state index >= 15 is 0 Å². The average Bonchev–Trinajstić information content (AvgIpc) is 2.24. The van der Waals surface area contributed by atoms with Crippen molar-refractivity contribution in [1.82, 2.24) is 0 Å². The van der Waals surface area contributed by atoms with Gasteiger partial charge in [-0.05, 0) is 37.3 Å². The molecule has 2 nitrogen and oxygen atoms in total. The Labute approximate surface area is 98.3 Å². The maximum absolute atomic E-state index is 9.20. The van der Waals surface area contributed by atoms with Crippen LogP contribution in [0, 0.1) is 5.92 Å². The Morgan fingerprint density at radius 3 is 2.50 bits per heavy atom. The lowest BCUT2D eigenvalue weighted by Gasteiger charge is -2.13. The molecule has 0 aliphatic carbocycles. The van der Waals surface area contributed by atoms with Gasteiger partial charge in [-0.3, -0.25) is 0 Å². The van der Waals surface area contributed by atoms with Crippen LogP contribution in [0.2, 0.25) is 0 Å². The molecule has 0 aliphatic heterocycles. The average molecular weight is 222 g/mol. The van der Waals surface area contributed by atoms with E-state index in [1.54, 1.807) is 6.92 Å². The van der Waals surface area contributed by atoms with Gasteiger partial charge in [-0.15, -0.1) is 0 Å². The molecule has 2 heteroatoms. The number of benzene rings is 1. The molecule has 0 saturated heterocycles. The third kappa shape index (κ3) is 4.67. The van der Waals surface area contributed by atoms with Crippen LogP contribution in [0.15, 0.2) is 24.3 Å². The van der Waals surface area contributed by atoms with Gasteiger partial charge in [-0.25, -0.2) is 0 Å². The van der Waals surface area contributed by atoms with Crippen molar-refractivity contribution in [3.8, 4) is 5.75 Å². The van der Waals surface area contributed by atoms with E-state index in [-0.39, 0.29) is 0 Å². The Balaban J connectivity index is 2.60. The lowest BCUT2D eigenvalue weighted by atomic mass is 10.0. The van der Waals surface area contributed by atoms with E-state index < -0.39 is 6.10 Å². The van der Waals surface area contributed by atoms with Gasteiger partial charge in [0.05, 0.1) is 6.10 Å². The molecular formula is C14H22O2. The molecule has 0 bridgehead atoms. The van der Waals surface area contributed by atoms with Gasteiger partial charge in [0.1, 0.15) is 12.4 Å². The molecule has 0 fully saturated rings. The van der Waals surface area contributed by atoms with Gasteiger partial charge in [-0.2, -0.15) is 0 Å². The number of aliphatic hydroxyl groups is 1. The molecule has 0 amide bonds. The van der Waals surface area contributed by atoms with E-state index in [2.05, 4.69) is 19.9 Å². The van der Waals surface area contributed by atoms with Crippen LogP contribution in [0.1, 0.15) is 32.8 Å². The fourth-order valence-electron chi connectivity index (χ4n) is 1.51. The highest BCUT2D eigenvalue weighted by molar-refractivity contribution is 5.33. The molecular weight excluding hydrogens is 200 g/mol. The molecule has 16 heavy (non-hydrogen) atoms. The summed E-state index contributed by atoms with van der Waals surface area (Å²) in [7, 11) is 0. The summed E-state index contributed by atoms with van der Waals surface area (Å²) in [4.78, 5) is 0. The van der Waals surface area contributed by atoms with Gasteiger partial charge in [0.15, 0.2) is 0 Å². The van der Waals surface area contributed by atoms with Gasteiger partial charge < -0.3 is 9.84 Å². The largest absolute Gasteiger partial charge is 0.491 e. The van der Waals surface area contributed by atoms with Crippen molar-refractivity contribution < 1.29 is 9.84 Å². The van der Waals surface area contributed by atoms with Crippen molar-refractivity contribution in [2.75, 3.05) is 6.61 Å². The Hall–Kier alpha value is -1.02. The van der Waals surface area contributed by atoms with Gasteiger partial charge in [0.2, 0.25) is 0 Å².